The molecule has 0 amide bonds. The van der Waals surface area contributed by atoms with Crippen molar-refractivity contribution < 1.29 is 53.3 Å². The number of nitrogens with zero attached hydrogens (tertiary/aromatic N) is 2. The van der Waals surface area contributed by atoms with Gasteiger partial charge in [-0.05, 0) is 54.7 Å². The average Bonchev–Trinajstić information content (AvgIpc) is 3.63. The number of hydrogen-bond acceptors (Lipinski definition) is 15. The van der Waals surface area contributed by atoms with Crippen LogP contribution in [0.3, 0.4) is 0 Å². The second-order valence-corrected chi connectivity index (χ2v) is 16.3. The molecule has 3 aromatic rings. The second-order valence-electron chi connectivity index (χ2n) is 15.2. The lowest BCUT2D eigenvalue weighted by Gasteiger charge is -2.69. The second kappa shape index (κ2) is 11.8. The van der Waals surface area contributed by atoms with Crippen LogP contribution in [0.25, 0.3) is 0 Å². The van der Waals surface area contributed by atoms with Crippen LogP contribution in [0.15, 0.2) is 18.2 Å². The van der Waals surface area contributed by atoms with Gasteiger partial charge in [0.15, 0.2) is 40.0 Å². The summed E-state index contributed by atoms with van der Waals surface area (Å²) in [5, 5.41) is 38.3. The highest BCUT2D eigenvalue weighted by atomic mass is 32.2. The highest BCUT2D eigenvalue weighted by Crippen LogP contribution is 2.68. The Morgan fingerprint density at radius 1 is 1.02 bits per heavy atom. The van der Waals surface area contributed by atoms with Crippen LogP contribution in [0.5, 0.6) is 40.2 Å². The molecule has 0 aromatic heterocycles. The third-order valence-corrected chi connectivity index (χ3v) is 14.2. The predicted molar refractivity (Wildman–Crippen MR) is 193 cm³/mol. The van der Waals surface area contributed by atoms with Crippen molar-refractivity contribution in [3.63, 3.8) is 0 Å². The molecule has 8 aliphatic rings. The number of phenols is 2. The number of fused-ring (bicyclic) bond motifs is 8. The lowest BCUT2D eigenvalue weighted by molar-refractivity contribution is -0.228. The lowest BCUT2D eigenvalue weighted by atomic mass is 9.64. The van der Waals surface area contributed by atoms with Gasteiger partial charge in [0.05, 0.1) is 37.6 Å². The topological polar surface area (TPSA) is 169 Å². The Hall–Kier alpha value is -4.41. The molecule has 54 heavy (non-hydrogen) atoms. The average molecular weight is 760 g/mol. The molecular formula is C39H41N3O11S. The Labute approximate surface area is 315 Å². The number of benzene rings is 3. The molecule has 8 aliphatic heterocycles. The molecule has 1 spiro atoms. The van der Waals surface area contributed by atoms with Crippen LogP contribution in [0, 0.1) is 13.8 Å². The minimum absolute atomic E-state index is 0.0181. The molecule has 3 fully saturated rings. The Balaban J connectivity index is 1.24. The monoisotopic (exact) mass is 759 g/mol. The Bertz CT molecular complexity index is 2180. The standard InChI is InChI=1S/C39H41N3O11S/c1-15-8-19-20-11-41-28(20)37(46)42-22-12-50-38(47)39(21-10-24(48-4)23(44)9-18(21)6-7-40-39)13-54-36(30(42)29(41)25(19)31(45)32(15)49-5)27-26(22)35-34(51-14-52-35)16(2)33(27)53-17(3)43/h8-10,20,22,28-30,36-37,40,44-46H,6-7,11-14H2,1-5H3/t20?,22-,28-,29+,30?,36+,37?,39+/m0/s1. The molecule has 14 nitrogen and oxygen atoms in total. The van der Waals surface area contributed by atoms with Crippen LogP contribution < -0.4 is 29.0 Å². The molecular weight excluding hydrogens is 719 g/mol. The van der Waals surface area contributed by atoms with Crippen LogP contribution in [0.1, 0.15) is 74.7 Å². The van der Waals surface area contributed by atoms with Gasteiger partial charge in [-0.25, -0.2) is 4.79 Å². The van der Waals surface area contributed by atoms with Gasteiger partial charge < -0.3 is 43.7 Å². The number of ether oxygens (including phenoxy) is 6. The zero-order valence-corrected chi connectivity index (χ0v) is 31.2. The fraction of sp³-hybridized carbons (Fsp3) is 0.487. The van der Waals surface area contributed by atoms with Crippen molar-refractivity contribution in [1.29, 1.82) is 0 Å². The van der Waals surface area contributed by atoms with E-state index < -0.39 is 47.1 Å². The van der Waals surface area contributed by atoms with Crippen LogP contribution >= 0.6 is 11.8 Å². The summed E-state index contributed by atoms with van der Waals surface area (Å²) in [5.74, 6) is 1.02. The summed E-state index contributed by atoms with van der Waals surface area (Å²) in [5.41, 5.74) is 4.57. The molecule has 4 unspecified atom stereocenters. The molecule has 0 aliphatic carbocycles. The van der Waals surface area contributed by atoms with E-state index in [0.29, 0.717) is 64.8 Å². The summed E-state index contributed by atoms with van der Waals surface area (Å²) in [6.45, 7) is 6.01. The summed E-state index contributed by atoms with van der Waals surface area (Å²) in [6.07, 6.45) is -0.423. The largest absolute Gasteiger partial charge is 0.504 e. The van der Waals surface area contributed by atoms with Crippen molar-refractivity contribution in [3.05, 3.63) is 62.7 Å². The molecule has 284 valence electrons. The number of aliphatic hydroxyl groups excluding tert-OH is 1. The van der Waals surface area contributed by atoms with Crippen LogP contribution in [0.4, 0.5) is 0 Å². The van der Waals surface area contributed by atoms with Gasteiger partial charge in [-0.2, -0.15) is 0 Å². The van der Waals surface area contributed by atoms with E-state index in [0.717, 1.165) is 22.3 Å². The SMILES string of the molecule is COc1cc2c(cc1O)CCN[C@]21CS[C@@H]2c3c(OC(C)=O)c(C)c4c(c3[C@H](COC1=O)N1C(O)[C@@H]3C5CN3[C@H](c3c5cc(C)c(OC)c3O)C21)OCO4. The number of aromatic hydroxyl groups is 2. The number of rotatable bonds is 3. The van der Waals surface area contributed by atoms with E-state index in [1.54, 1.807) is 19.2 Å². The van der Waals surface area contributed by atoms with Crippen LogP contribution in [-0.4, -0.2) is 102 Å². The fourth-order valence-corrected chi connectivity index (χ4v) is 12.3. The first-order chi connectivity index (χ1) is 26.0. The third kappa shape index (κ3) is 4.27. The van der Waals surface area contributed by atoms with Crippen molar-refractivity contribution in [1.82, 2.24) is 15.1 Å². The Morgan fingerprint density at radius 2 is 1.81 bits per heavy atom. The van der Waals surface area contributed by atoms with Crippen molar-refractivity contribution in [2.75, 3.05) is 46.5 Å². The smallest absolute Gasteiger partial charge is 0.331 e. The molecule has 11 rings (SSSR count). The van der Waals surface area contributed by atoms with Crippen molar-refractivity contribution in [2.45, 2.75) is 74.3 Å². The van der Waals surface area contributed by atoms with E-state index in [1.165, 1.54) is 25.8 Å². The van der Waals surface area contributed by atoms with Gasteiger partial charge in [0.2, 0.25) is 6.79 Å². The quantitative estimate of drug-likeness (QED) is 0.227. The number of carbonyl (C=O) groups excluding carboxylic acids is 2. The van der Waals surface area contributed by atoms with E-state index in [9.17, 15) is 24.9 Å². The van der Waals surface area contributed by atoms with E-state index in [1.807, 2.05) is 18.7 Å². The van der Waals surface area contributed by atoms with Gasteiger partial charge in [-0.1, -0.05) is 6.07 Å². The number of nitrogens with one attached hydrogen (secondary N) is 1. The maximum Gasteiger partial charge on any atom is 0.331 e. The minimum atomic E-state index is -1.35. The van der Waals surface area contributed by atoms with Crippen LogP contribution in [0.2, 0.25) is 0 Å². The first kappa shape index (κ1) is 34.1. The van der Waals surface area contributed by atoms with Crippen molar-refractivity contribution in [3.8, 4) is 40.2 Å². The molecule has 6 bridgehead atoms. The van der Waals surface area contributed by atoms with Gasteiger partial charge in [-0.3, -0.25) is 19.9 Å². The molecule has 9 atom stereocenters. The molecule has 4 N–H and O–H groups in total. The van der Waals surface area contributed by atoms with Gasteiger partial charge in [-0.15, -0.1) is 11.8 Å². The highest BCUT2D eigenvalue weighted by molar-refractivity contribution is 7.99. The third-order valence-electron chi connectivity index (χ3n) is 12.7. The maximum absolute atomic E-state index is 14.7. The first-order valence-corrected chi connectivity index (χ1v) is 19.3. The summed E-state index contributed by atoms with van der Waals surface area (Å²) >= 11 is 1.48. The normalized spacial score (nSPS) is 32.4. The van der Waals surface area contributed by atoms with Crippen molar-refractivity contribution in [2.24, 2.45) is 0 Å². The molecule has 3 aromatic carbocycles. The maximum atomic E-state index is 14.7. The number of hydrogen-bond donors (Lipinski definition) is 4. The first-order valence-electron chi connectivity index (χ1n) is 18.2. The number of aryl methyl sites for hydroxylation is 1. The van der Waals surface area contributed by atoms with Crippen molar-refractivity contribution >= 4 is 23.7 Å². The summed E-state index contributed by atoms with van der Waals surface area (Å²) < 4.78 is 36.0. The molecule has 3 saturated heterocycles. The van der Waals surface area contributed by atoms with Gasteiger partial charge >= 0.3 is 11.9 Å². The molecule has 0 radical (unpaired) electrons. The van der Waals surface area contributed by atoms with E-state index in [-0.39, 0.29) is 48.4 Å². The predicted octanol–water partition coefficient (Wildman–Crippen LogP) is 3.34. The number of piperazine rings is 1. The van der Waals surface area contributed by atoms with Crippen LogP contribution in [-0.2, 0) is 26.3 Å². The Kier molecular flexibility index (Phi) is 7.45. The Morgan fingerprint density at radius 3 is 2.57 bits per heavy atom. The van der Waals surface area contributed by atoms with E-state index >= 15 is 0 Å². The number of phenolic OH excluding ortho intramolecular Hbond substituents is 2. The molecule has 8 heterocycles. The van der Waals surface area contributed by atoms with Gasteiger partial charge in [0, 0.05) is 60.0 Å². The number of methoxy groups -OCH3 is 2. The zero-order valence-electron chi connectivity index (χ0n) is 30.4. The number of esters is 2. The number of thioether (sulfide) groups is 1. The highest BCUT2D eigenvalue weighted by Gasteiger charge is 2.67. The minimum Gasteiger partial charge on any atom is -0.504 e. The lowest BCUT2D eigenvalue weighted by Crippen LogP contribution is -2.77. The molecule has 15 heteroatoms. The fourth-order valence-electron chi connectivity index (χ4n) is 10.6. The number of aliphatic hydroxyl groups is 1. The van der Waals surface area contributed by atoms with E-state index in [4.69, 9.17) is 28.4 Å². The summed E-state index contributed by atoms with van der Waals surface area (Å²) in [6, 6.07) is 3.42. The number of carbonyl (C=O) groups is 2. The van der Waals surface area contributed by atoms with Gasteiger partial charge in [0.25, 0.3) is 0 Å². The summed E-state index contributed by atoms with van der Waals surface area (Å²) in [7, 11) is 3.01. The summed E-state index contributed by atoms with van der Waals surface area (Å²) in [4.78, 5) is 31.9. The van der Waals surface area contributed by atoms with E-state index in [2.05, 4.69) is 16.3 Å². The van der Waals surface area contributed by atoms with Gasteiger partial charge in [0.1, 0.15) is 18.6 Å². The zero-order chi connectivity index (χ0) is 37.5. The molecule has 0 saturated carbocycles.